The maximum absolute atomic E-state index is 11.9. The Morgan fingerprint density at radius 1 is 1.21 bits per heavy atom. The summed E-state index contributed by atoms with van der Waals surface area (Å²) in [6.45, 7) is 0. The average Bonchev–Trinajstić information content (AvgIpc) is 2.88. The molecule has 0 aliphatic carbocycles. The lowest BCUT2D eigenvalue weighted by Gasteiger charge is -2.02. The molecule has 0 saturated heterocycles. The first-order chi connectivity index (χ1) is 9.19. The molecular formula is C13H12N4O2. The van der Waals surface area contributed by atoms with E-state index in [0.29, 0.717) is 11.0 Å². The molecule has 19 heavy (non-hydrogen) atoms. The third kappa shape index (κ3) is 1.87. The fourth-order valence-electron chi connectivity index (χ4n) is 1.86. The van der Waals surface area contributed by atoms with Crippen LogP contribution in [0.25, 0.3) is 16.7 Å². The predicted octanol–water partition coefficient (Wildman–Crippen LogP) is 1.13. The molecule has 6 nitrogen and oxygen atoms in total. The van der Waals surface area contributed by atoms with Crippen molar-refractivity contribution in [1.82, 2.24) is 19.3 Å². The molecule has 0 fully saturated rings. The van der Waals surface area contributed by atoms with Gasteiger partial charge < -0.3 is 9.30 Å². The van der Waals surface area contributed by atoms with Gasteiger partial charge in [-0.1, -0.05) is 0 Å². The van der Waals surface area contributed by atoms with Crippen LogP contribution >= 0.6 is 0 Å². The summed E-state index contributed by atoms with van der Waals surface area (Å²) in [5.74, 6) is 0.773. The Balaban J connectivity index is 2.15. The van der Waals surface area contributed by atoms with Crippen molar-refractivity contribution in [2.45, 2.75) is 0 Å². The van der Waals surface area contributed by atoms with Gasteiger partial charge >= 0.3 is 0 Å². The van der Waals surface area contributed by atoms with Crippen molar-refractivity contribution in [3.8, 4) is 11.4 Å². The molecule has 0 radical (unpaired) electrons. The highest BCUT2D eigenvalue weighted by atomic mass is 16.5. The SMILES string of the molecule is COc1ccc(-n2cc3c(=O)n(C)cnc3n2)cc1. The zero-order chi connectivity index (χ0) is 13.4. The summed E-state index contributed by atoms with van der Waals surface area (Å²) < 4.78 is 8.17. The third-order valence-electron chi connectivity index (χ3n) is 2.94. The van der Waals surface area contributed by atoms with Gasteiger partial charge in [0.2, 0.25) is 0 Å². The molecule has 0 saturated carbocycles. The first-order valence-electron chi connectivity index (χ1n) is 5.74. The summed E-state index contributed by atoms with van der Waals surface area (Å²) >= 11 is 0. The largest absolute Gasteiger partial charge is 0.497 e. The summed E-state index contributed by atoms with van der Waals surface area (Å²) in [7, 11) is 3.28. The van der Waals surface area contributed by atoms with Crippen LogP contribution in [-0.4, -0.2) is 26.4 Å². The first kappa shape index (κ1) is 11.5. The minimum atomic E-state index is -0.107. The molecule has 0 aliphatic rings. The van der Waals surface area contributed by atoms with Gasteiger partial charge in [-0.05, 0) is 24.3 Å². The molecule has 0 atom stereocenters. The molecule has 0 unspecified atom stereocenters. The van der Waals surface area contributed by atoms with Gasteiger partial charge in [0.05, 0.1) is 19.1 Å². The third-order valence-corrected chi connectivity index (χ3v) is 2.94. The summed E-state index contributed by atoms with van der Waals surface area (Å²) in [6.07, 6.45) is 3.16. The normalized spacial score (nSPS) is 10.8. The van der Waals surface area contributed by atoms with E-state index in [2.05, 4.69) is 10.1 Å². The van der Waals surface area contributed by atoms with Gasteiger partial charge in [0, 0.05) is 13.2 Å². The van der Waals surface area contributed by atoms with E-state index >= 15 is 0 Å². The zero-order valence-corrected chi connectivity index (χ0v) is 10.6. The predicted molar refractivity (Wildman–Crippen MR) is 70.7 cm³/mol. The van der Waals surface area contributed by atoms with Gasteiger partial charge in [-0.15, -0.1) is 5.10 Å². The highest BCUT2D eigenvalue weighted by Crippen LogP contribution is 2.15. The van der Waals surface area contributed by atoms with E-state index < -0.39 is 0 Å². The minimum absolute atomic E-state index is 0.107. The summed E-state index contributed by atoms with van der Waals surface area (Å²) in [5.41, 5.74) is 1.18. The standard InChI is InChI=1S/C13H12N4O2/c1-16-8-14-12-11(13(16)18)7-17(15-12)9-3-5-10(19-2)6-4-9/h3-8H,1-2H3. The summed E-state index contributed by atoms with van der Waals surface area (Å²) in [6, 6.07) is 7.42. The fraction of sp³-hybridized carbons (Fsp3) is 0.154. The van der Waals surface area contributed by atoms with Gasteiger partial charge in [0.1, 0.15) is 11.1 Å². The molecule has 0 aliphatic heterocycles. The van der Waals surface area contributed by atoms with Crippen molar-refractivity contribution >= 4 is 11.0 Å². The Kier molecular flexibility index (Phi) is 2.56. The lowest BCUT2D eigenvalue weighted by Crippen LogP contribution is -2.15. The molecule has 0 N–H and O–H groups in total. The number of hydrogen-bond donors (Lipinski definition) is 0. The first-order valence-corrected chi connectivity index (χ1v) is 5.74. The fourth-order valence-corrected chi connectivity index (χ4v) is 1.86. The highest BCUT2D eigenvalue weighted by molar-refractivity contribution is 5.73. The van der Waals surface area contributed by atoms with Crippen LogP contribution in [0.3, 0.4) is 0 Å². The van der Waals surface area contributed by atoms with Crippen molar-refractivity contribution in [2.24, 2.45) is 7.05 Å². The van der Waals surface area contributed by atoms with Crippen LogP contribution in [0, 0.1) is 0 Å². The van der Waals surface area contributed by atoms with Crippen LogP contribution < -0.4 is 10.3 Å². The number of methoxy groups -OCH3 is 1. The van der Waals surface area contributed by atoms with Gasteiger partial charge in [-0.25, -0.2) is 9.67 Å². The highest BCUT2D eigenvalue weighted by Gasteiger charge is 2.08. The molecule has 0 bridgehead atoms. The number of aryl methyl sites for hydroxylation is 1. The van der Waals surface area contributed by atoms with E-state index in [1.165, 1.54) is 10.9 Å². The van der Waals surface area contributed by atoms with Crippen molar-refractivity contribution < 1.29 is 4.74 Å². The second-order valence-corrected chi connectivity index (χ2v) is 4.17. The van der Waals surface area contributed by atoms with Crippen LogP contribution in [0.2, 0.25) is 0 Å². The molecule has 3 aromatic rings. The van der Waals surface area contributed by atoms with Gasteiger partial charge in [0.15, 0.2) is 5.65 Å². The zero-order valence-electron chi connectivity index (χ0n) is 10.6. The Labute approximate surface area is 108 Å². The molecule has 2 heterocycles. The van der Waals surface area contributed by atoms with Crippen LogP contribution in [-0.2, 0) is 7.05 Å². The summed E-state index contributed by atoms with van der Waals surface area (Å²) in [4.78, 5) is 16.1. The van der Waals surface area contributed by atoms with E-state index in [9.17, 15) is 4.79 Å². The maximum Gasteiger partial charge on any atom is 0.264 e. The number of fused-ring (bicyclic) bond motifs is 1. The Morgan fingerprint density at radius 3 is 2.63 bits per heavy atom. The topological polar surface area (TPSA) is 61.9 Å². The summed E-state index contributed by atoms with van der Waals surface area (Å²) in [5, 5.41) is 4.79. The molecule has 3 rings (SSSR count). The molecular weight excluding hydrogens is 244 g/mol. The van der Waals surface area contributed by atoms with Gasteiger partial charge in [-0.3, -0.25) is 4.79 Å². The number of ether oxygens (including phenoxy) is 1. The number of aromatic nitrogens is 4. The van der Waals surface area contributed by atoms with E-state index in [1.807, 2.05) is 24.3 Å². The van der Waals surface area contributed by atoms with E-state index in [4.69, 9.17) is 4.74 Å². The second-order valence-electron chi connectivity index (χ2n) is 4.17. The van der Waals surface area contributed by atoms with Gasteiger partial charge in [-0.2, -0.15) is 0 Å². The average molecular weight is 256 g/mol. The monoisotopic (exact) mass is 256 g/mol. The molecule has 0 spiro atoms. The van der Waals surface area contributed by atoms with Crippen molar-refractivity contribution in [2.75, 3.05) is 7.11 Å². The quantitative estimate of drug-likeness (QED) is 0.689. The lowest BCUT2D eigenvalue weighted by molar-refractivity contribution is 0.414. The van der Waals surface area contributed by atoms with Gasteiger partial charge in [0.25, 0.3) is 5.56 Å². The lowest BCUT2D eigenvalue weighted by atomic mass is 10.3. The van der Waals surface area contributed by atoms with E-state index in [1.54, 1.807) is 25.0 Å². The van der Waals surface area contributed by atoms with Crippen molar-refractivity contribution in [3.05, 3.63) is 47.1 Å². The molecule has 1 aromatic carbocycles. The number of rotatable bonds is 2. The Hall–Kier alpha value is -2.63. The Bertz CT molecular complexity index is 787. The van der Waals surface area contributed by atoms with Crippen LogP contribution in [0.15, 0.2) is 41.6 Å². The van der Waals surface area contributed by atoms with Crippen LogP contribution in [0.5, 0.6) is 5.75 Å². The molecule has 2 aromatic heterocycles. The van der Waals surface area contributed by atoms with Crippen molar-refractivity contribution in [1.29, 1.82) is 0 Å². The van der Waals surface area contributed by atoms with Crippen LogP contribution in [0.4, 0.5) is 0 Å². The number of benzene rings is 1. The molecule has 0 amide bonds. The maximum atomic E-state index is 11.9. The Morgan fingerprint density at radius 2 is 1.95 bits per heavy atom. The number of nitrogens with zero attached hydrogens (tertiary/aromatic N) is 4. The smallest absolute Gasteiger partial charge is 0.264 e. The minimum Gasteiger partial charge on any atom is -0.497 e. The molecule has 96 valence electrons. The molecule has 6 heteroatoms. The van der Waals surface area contributed by atoms with E-state index in [-0.39, 0.29) is 5.56 Å². The number of hydrogen-bond acceptors (Lipinski definition) is 4. The van der Waals surface area contributed by atoms with E-state index in [0.717, 1.165) is 11.4 Å². The van der Waals surface area contributed by atoms with Crippen LogP contribution in [0.1, 0.15) is 0 Å². The second kappa shape index (κ2) is 4.24. The van der Waals surface area contributed by atoms with Crippen molar-refractivity contribution in [3.63, 3.8) is 0 Å².